The SMILES string of the molecule is NCC#Cc1cc(F)ccc1OCC(F)(F)F. The summed E-state index contributed by atoms with van der Waals surface area (Å²) in [5.41, 5.74) is 5.16. The summed E-state index contributed by atoms with van der Waals surface area (Å²) < 4.78 is 53.2. The zero-order valence-corrected chi connectivity index (χ0v) is 8.64. The maximum atomic E-state index is 12.9. The molecule has 0 heterocycles. The Balaban J connectivity index is 2.90. The lowest BCUT2D eigenvalue weighted by Crippen LogP contribution is -2.19. The zero-order valence-electron chi connectivity index (χ0n) is 8.64. The minimum absolute atomic E-state index is 0.0230. The third kappa shape index (κ3) is 4.74. The average molecular weight is 247 g/mol. The topological polar surface area (TPSA) is 35.2 Å². The van der Waals surface area contributed by atoms with Crippen LogP contribution in [0, 0.1) is 17.7 Å². The molecule has 0 saturated carbocycles. The fraction of sp³-hybridized carbons (Fsp3) is 0.273. The van der Waals surface area contributed by atoms with E-state index in [1.165, 1.54) is 0 Å². The molecule has 0 aliphatic carbocycles. The molecule has 0 fully saturated rings. The van der Waals surface area contributed by atoms with Gasteiger partial charge in [0.2, 0.25) is 0 Å². The van der Waals surface area contributed by atoms with Gasteiger partial charge in [-0.05, 0) is 18.2 Å². The van der Waals surface area contributed by atoms with Crippen LogP contribution in [0.5, 0.6) is 5.75 Å². The molecule has 0 aromatic heterocycles. The van der Waals surface area contributed by atoms with Crippen LogP contribution in [-0.2, 0) is 0 Å². The van der Waals surface area contributed by atoms with E-state index in [4.69, 9.17) is 5.73 Å². The van der Waals surface area contributed by atoms with Gasteiger partial charge in [0.25, 0.3) is 0 Å². The van der Waals surface area contributed by atoms with Gasteiger partial charge < -0.3 is 10.5 Å². The van der Waals surface area contributed by atoms with E-state index in [1.807, 2.05) is 0 Å². The van der Waals surface area contributed by atoms with Crippen molar-refractivity contribution in [2.45, 2.75) is 6.18 Å². The molecule has 0 atom stereocenters. The second-order valence-corrected chi connectivity index (χ2v) is 3.05. The summed E-state index contributed by atoms with van der Waals surface area (Å²) in [4.78, 5) is 0. The average Bonchev–Trinajstić information content (AvgIpc) is 2.23. The summed E-state index contributed by atoms with van der Waals surface area (Å²) in [6, 6.07) is 3.09. The molecule has 0 saturated heterocycles. The molecular weight excluding hydrogens is 238 g/mol. The number of hydrogen-bond acceptors (Lipinski definition) is 2. The van der Waals surface area contributed by atoms with Crippen molar-refractivity contribution in [3.8, 4) is 17.6 Å². The van der Waals surface area contributed by atoms with E-state index in [0.29, 0.717) is 0 Å². The molecule has 1 aromatic rings. The van der Waals surface area contributed by atoms with Gasteiger partial charge in [0.05, 0.1) is 12.1 Å². The lowest BCUT2D eigenvalue weighted by atomic mass is 10.2. The van der Waals surface area contributed by atoms with Gasteiger partial charge in [-0.1, -0.05) is 11.8 Å². The Labute approximate surface area is 95.4 Å². The van der Waals surface area contributed by atoms with E-state index in [-0.39, 0.29) is 17.9 Å². The van der Waals surface area contributed by atoms with E-state index < -0.39 is 18.6 Å². The minimum Gasteiger partial charge on any atom is -0.483 e. The van der Waals surface area contributed by atoms with Crippen LogP contribution >= 0.6 is 0 Å². The number of ether oxygens (including phenoxy) is 1. The van der Waals surface area contributed by atoms with Crippen LogP contribution in [0.25, 0.3) is 0 Å². The molecule has 0 amide bonds. The Morgan fingerprint density at radius 2 is 2.00 bits per heavy atom. The van der Waals surface area contributed by atoms with Gasteiger partial charge in [-0.2, -0.15) is 13.2 Å². The first-order chi connectivity index (χ1) is 7.92. The van der Waals surface area contributed by atoms with Crippen LogP contribution in [0.1, 0.15) is 5.56 Å². The maximum Gasteiger partial charge on any atom is 0.422 e. The number of nitrogens with two attached hydrogens (primary N) is 1. The lowest BCUT2D eigenvalue weighted by Gasteiger charge is -2.10. The summed E-state index contributed by atoms with van der Waals surface area (Å²) in [5.74, 6) is 4.14. The molecule has 0 spiro atoms. The van der Waals surface area contributed by atoms with Gasteiger partial charge in [-0.3, -0.25) is 0 Å². The summed E-state index contributed by atoms with van der Waals surface area (Å²) in [6.07, 6.45) is -4.45. The Bertz CT molecular complexity index is 445. The fourth-order valence-electron chi connectivity index (χ4n) is 1.03. The number of halogens is 4. The van der Waals surface area contributed by atoms with Crippen LogP contribution in [0.4, 0.5) is 17.6 Å². The number of alkyl halides is 3. The minimum atomic E-state index is -4.45. The van der Waals surface area contributed by atoms with Gasteiger partial charge in [0.1, 0.15) is 11.6 Å². The molecule has 92 valence electrons. The van der Waals surface area contributed by atoms with Crippen molar-refractivity contribution in [1.29, 1.82) is 0 Å². The molecule has 0 aliphatic rings. The van der Waals surface area contributed by atoms with Gasteiger partial charge >= 0.3 is 6.18 Å². The molecule has 0 unspecified atom stereocenters. The molecule has 2 nitrogen and oxygen atoms in total. The smallest absolute Gasteiger partial charge is 0.422 e. The largest absolute Gasteiger partial charge is 0.483 e. The van der Waals surface area contributed by atoms with E-state index in [2.05, 4.69) is 16.6 Å². The second kappa shape index (κ2) is 5.55. The zero-order chi connectivity index (χ0) is 12.9. The number of hydrogen-bond donors (Lipinski definition) is 1. The van der Waals surface area contributed by atoms with Crippen molar-refractivity contribution in [3.05, 3.63) is 29.6 Å². The second-order valence-electron chi connectivity index (χ2n) is 3.05. The van der Waals surface area contributed by atoms with Gasteiger partial charge in [-0.15, -0.1) is 0 Å². The van der Waals surface area contributed by atoms with Gasteiger partial charge in [0.15, 0.2) is 6.61 Å². The summed E-state index contributed by atoms with van der Waals surface area (Å²) in [5, 5.41) is 0. The summed E-state index contributed by atoms with van der Waals surface area (Å²) in [7, 11) is 0. The third-order valence-electron chi connectivity index (χ3n) is 1.66. The van der Waals surface area contributed by atoms with E-state index >= 15 is 0 Å². The van der Waals surface area contributed by atoms with Gasteiger partial charge in [0, 0.05) is 0 Å². The van der Waals surface area contributed by atoms with Crippen LogP contribution in [-0.4, -0.2) is 19.3 Å². The first-order valence-corrected chi connectivity index (χ1v) is 4.60. The molecular formula is C11H9F4NO. The highest BCUT2D eigenvalue weighted by atomic mass is 19.4. The highest BCUT2D eigenvalue weighted by Crippen LogP contribution is 2.22. The van der Waals surface area contributed by atoms with Crippen molar-refractivity contribution in [3.63, 3.8) is 0 Å². The molecule has 17 heavy (non-hydrogen) atoms. The Hall–Kier alpha value is -1.74. The Morgan fingerprint density at radius 3 is 2.59 bits per heavy atom. The van der Waals surface area contributed by atoms with Crippen LogP contribution in [0.15, 0.2) is 18.2 Å². The van der Waals surface area contributed by atoms with Crippen LogP contribution < -0.4 is 10.5 Å². The standard InChI is InChI=1S/C11H9F4NO/c12-9-3-4-10(17-7-11(13,14)15)8(6-9)2-1-5-16/h3-4,6H,5,7,16H2. The van der Waals surface area contributed by atoms with Crippen LogP contribution in [0.2, 0.25) is 0 Å². The summed E-state index contributed by atoms with van der Waals surface area (Å²) in [6.45, 7) is -1.43. The first-order valence-electron chi connectivity index (χ1n) is 4.60. The molecule has 0 bridgehead atoms. The summed E-state index contributed by atoms with van der Waals surface area (Å²) >= 11 is 0. The molecule has 2 N–H and O–H groups in total. The molecule has 0 aliphatic heterocycles. The molecule has 1 rings (SSSR count). The maximum absolute atomic E-state index is 12.9. The van der Waals surface area contributed by atoms with Crippen LogP contribution in [0.3, 0.4) is 0 Å². The van der Waals surface area contributed by atoms with Crippen molar-refractivity contribution in [2.24, 2.45) is 5.73 Å². The Morgan fingerprint density at radius 1 is 1.29 bits per heavy atom. The number of benzene rings is 1. The van der Waals surface area contributed by atoms with Crippen molar-refractivity contribution < 1.29 is 22.3 Å². The predicted molar refractivity (Wildman–Crippen MR) is 53.9 cm³/mol. The quantitative estimate of drug-likeness (QED) is 0.641. The predicted octanol–water partition coefficient (Wildman–Crippen LogP) is 2.08. The molecule has 6 heteroatoms. The first kappa shape index (κ1) is 13.3. The fourth-order valence-corrected chi connectivity index (χ4v) is 1.03. The van der Waals surface area contributed by atoms with E-state index in [9.17, 15) is 17.6 Å². The Kier molecular flexibility index (Phi) is 4.35. The third-order valence-corrected chi connectivity index (χ3v) is 1.66. The highest BCUT2D eigenvalue weighted by molar-refractivity contribution is 5.46. The van der Waals surface area contributed by atoms with E-state index in [1.54, 1.807) is 0 Å². The highest BCUT2D eigenvalue weighted by Gasteiger charge is 2.28. The molecule has 1 aromatic carbocycles. The van der Waals surface area contributed by atoms with Crippen molar-refractivity contribution in [2.75, 3.05) is 13.2 Å². The van der Waals surface area contributed by atoms with Crippen molar-refractivity contribution in [1.82, 2.24) is 0 Å². The van der Waals surface area contributed by atoms with E-state index in [0.717, 1.165) is 18.2 Å². The molecule has 0 radical (unpaired) electrons. The van der Waals surface area contributed by atoms with Gasteiger partial charge in [-0.25, -0.2) is 4.39 Å². The normalized spacial score (nSPS) is 10.6. The lowest BCUT2D eigenvalue weighted by molar-refractivity contribution is -0.153. The monoisotopic (exact) mass is 247 g/mol. The number of rotatable bonds is 2. The van der Waals surface area contributed by atoms with Crippen molar-refractivity contribution >= 4 is 0 Å².